The van der Waals surface area contributed by atoms with Crippen molar-refractivity contribution in [2.24, 2.45) is 0 Å². The smallest absolute Gasteiger partial charge is 0.326 e. The monoisotopic (exact) mass is 530 g/mol. The zero-order valence-corrected chi connectivity index (χ0v) is 20.7. The van der Waals surface area contributed by atoms with Gasteiger partial charge in [-0.1, -0.05) is 30.3 Å². The summed E-state index contributed by atoms with van der Waals surface area (Å²) in [4.78, 5) is 40.4. The summed E-state index contributed by atoms with van der Waals surface area (Å²) in [7, 11) is 0. The van der Waals surface area contributed by atoms with Gasteiger partial charge in [-0.05, 0) is 42.8 Å². The van der Waals surface area contributed by atoms with Crippen LogP contribution in [-0.4, -0.2) is 34.6 Å². The molecule has 0 bridgehead atoms. The summed E-state index contributed by atoms with van der Waals surface area (Å²) >= 11 is 0. The van der Waals surface area contributed by atoms with Crippen LogP contribution in [0.5, 0.6) is 17.2 Å². The van der Waals surface area contributed by atoms with Crippen molar-refractivity contribution in [2.75, 3.05) is 6.61 Å². The molecule has 1 atom stereocenters. The summed E-state index contributed by atoms with van der Waals surface area (Å²) in [6, 6.07) is 16.4. The van der Waals surface area contributed by atoms with Gasteiger partial charge in [0.05, 0.1) is 5.39 Å². The number of hydrogen-bond acceptors (Lipinski definition) is 6. The number of carboxylic acid groups (broad SMARTS) is 1. The number of carbonyl (C=O) groups excluding carboxylic acids is 1. The summed E-state index contributed by atoms with van der Waals surface area (Å²) in [5, 5.41) is 13.2. The predicted octanol–water partition coefficient (Wildman–Crippen LogP) is 4.71. The largest absolute Gasteiger partial charge is 0.484 e. The Morgan fingerprint density at radius 2 is 1.85 bits per heavy atom. The Balaban J connectivity index is 1.27. The fourth-order valence-corrected chi connectivity index (χ4v) is 4.22. The molecule has 39 heavy (non-hydrogen) atoms. The number of fused-ring (bicyclic) bond motifs is 2. The van der Waals surface area contributed by atoms with Crippen LogP contribution in [-0.2, 0) is 16.0 Å². The van der Waals surface area contributed by atoms with Gasteiger partial charge < -0.3 is 29.3 Å². The highest BCUT2D eigenvalue weighted by atomic mass is 19.1. The molecule has 0 saturated heterocycles. The topological polar surface area (TPSA) is 131 Å². The fraction of sp³-hybridized carbons (Fsp3) is 0.138. The molecule has 0 unspecified atom stereocenters. The van der Waals surface area contributed by atoms with Crippen molar-refractivity contribution >= 4 is 33.7 Å². The summed E-state index contributed by atoms with van der Waals surface area (Å²) in [5.41, 5.74) is 1.31. The quantitative estimate of drug-likeness (QED) is 0.252. The number of hydrogen-bond donors (Lipinski definition) is 3. The average molecular weight is 531 g/mol. The molecule has 3 aromatic carbocycles. The highest BCUT2D eigenvalue weighted by Gasteiger charge is 2.22. The van der Waals surface area contributed by atoms with E-state index in [2.05, 4.69) is 10.3 Å². The minimum absolute atomic E-state index is 0.0861. The molecular weight excluding hydrogens is 507 g/mol. The maximum absolute atomic E-state index is 14.0. The normalized spacial score (nSPS) is 11.8. The first-order valence-electron chi connectivity index (χ1n) is 12.0. The van der Waals surface area contributed by atoms with E-state index in [1.807, 2.05) is 24.3 Å². The lowest BCUT2D eigenvalue weighted by Crippen LogP contribution is -2.44. The number of nitrogens with one attached hydrogen (secondary N) is 2. The molecule has 0 radical (unpaired) electrons. The first kappa shape index (κ1) is 25.5. The van der Waals surface area contributed by atoms with Crippen molar-refractivity contribution in [1.29, 1.82) is 0 Å². The zero-order valence-electron chi connectivity index (χ0n) is 20.7. The van der Waals surface area contributed by atoms with Crippen molar-refractivity contribution in [1.82, 2.24) is 10.3 Å². The molecule has 3 N–H and O–H groups in total. The van der Waals surface area contributed by atoms with E-state index in [1.54, 1.807) is 12.3 Å². The number of ether oxygens (including phenoxy) is 2. The van der Waals surface area contributed by atoms with Crippen molar-refractivity contribution in [3.63, 3.8) is 0 Å². The first-order valence-corrected chi connectivity index (χ1v) is 12.0. The van der Waals surface area contributed by atoms with E-state index < -0.39 is 35.8 Å². The summed E-state index contributed by atoms with van der Waals surface area (Å²) in [5.74, 6) is -2.32. The van der Waals surface area contributed by atoms with Gasteiger partial charge in [0.25, 0.3) is 5.91 Å². The molecule has 9 nitrogen and oxygen atoms in total. The van der Waals surface area contributed by atoms with Crippen LogP contribution >= 0.6 is 0 Å². The van der Waals surface area contributed by atoms with Gasteiger partial charge in [0.15, 0.2) is 18.2 Å². The number of rotatable bonds is 9. The third kappa shape index (κ3) is 5.45. The summed E-state index contributed by atoms with van der Waals surface area (Å²) in [6.45, 7) is 1.05. The third-order valence-electron chi connectivity index (χ3n) is 6.14. The third-order valence-corrected chi connectivity index (χ3v) is 6.14. The zero-order chi connectivity index (χ0) is 27.5. The molecule has 0 aliphatic rings. The number of amides is 1. The lowest BCUT2D eigenvalue weighted by molar-refractivity contribution is -0.142. The van der Waals surface area contributed by atoms with Crippen LogP contribution in [0.4, 0.5) is 4.39 Å². The molecule has 0 saturated carbocycles. The van der Waals surface area contributed by atoms with E-state index in [0.717, 1.165) is 16.5 Å². The molecule has 198 valence electrons. The number of aryl methyl sites for hydroxylation is 1. The molecule has 10 heteroatoms. The summed E-state index contributed by atoms with van der Waals surface area (Å²) < 4.78 is 30.7. The number of carbonyl (C=O) groups is 2. The Labute approximate surface area is 220 Å². The summed E-state index contributed by atoms with van der Waals surface area (Å²) in [6.07, 6.45) is 1.81. The number of para-hydroxylation sites is 2. The van der Waals surface area contributed by atoms with E-state index in [0.29, 0.717) is 0 Å². The number of benzene rings is 3. The van der Waals surface area contributed by atoms with Crippen LogP contribution in [0.1, 0.15) is 11.3 Å². The molecule has 1 amide bonds. The maximum Gasteiger partial charge on any atom is 0.326 e. The molecule has 0 fully saturated rings. The van der Waals surface area contributed by atoms with Crippen LogP contribution in [0.15, 0.2) is 82.1 Å². The van der Waals surface area contributed by atoms with Crippen molar-refractivity contribution in [3.05, 3.63) is 100 Å². The van der Waals surface area contributed by atoms with E-state index in [1.165, 1.54) is 43.3 Å². The standard InChI is InChI=1S/C29H23FN2O7/c1-16-28(39-24-9-5-3-7-21(24)30)27(34)20-11-10-18(13-25(20)38-16)37-15-26(33)32-23(29(35)36)12-17-14-31-22-8-4-2-6-19(17)22/h2-11,13-14,23,31H,12,15H2,1H3,(H,32,33)(H,35,36)/t23-/m0/s1. The van der Waals surface area contributed by atoms with Crippen LogP contribution in [0.2, 0.25) is 0 Å². The van der Waals surface area contributed by atoms with E-state index in [4.69, 9.17) is 13.9 Å². The van der Waals surface area contributed by atoms with Gasteiger partial charge in [0.1, 0.15) is 23.1 Å². The van der Waals surface area contributed by atoms with Crippen LogP contribution in [0, 0.1) is 12.7 Å². The predicted molar refractivity (Wildman–Crippen MR) is 141 cm³/mol. The lowest BCUT2D eigenvalue weighted by Gasteiger charge is -2.15. The molecular formula is C29H23FN2O7. The minimum Gasteiger partial charge on any atom is -0.484 e. The lowest BCUT2D eigenvalue weighted by atomic mass is 10.1. The number of H-pyrrole nitrogens is 1. The number of carboxylic acids is 1. The number of aromatic nitrogens is 1. The first-order chi connectivity index (χ1) is 18.8. The number of halogens is 1. The Bertz CT molecular complexity index is 1760. The van der Waals surface area contributed by atoms with Gasteiger partial charge in [-0.3, -0.25) is 9.59 Å². The van der Waals surface area contributed by atoms with Gasteiger partial charge in [0, 0.05) is 29.6 Å². The van der Waals surface area contributed by atoms with E-state index in [-0.39, 0.29) is 40.4 Å². The second kappa shape index (κ2) is 10.7. The van der Waals surface area contributed by atoms with Crippen LogP contribution < -0.4 is 20.2 Å². The number of aliphatic carboxylic acids is 1. The maximum atomic E-state index is 14.0. The molecule has 2 heterocycles. The highest BCUT2D eigenvalue weighted by Crippen LogP contribution is 2.28. The average Bonchev–Trinajstić information content (AvgIpc) is 3.33. The van der Waals surface area contributed by atoms with Gasteiger partial charge in [0.2, 0.25) is 11.2 Å². The van der Waals surface area contributed by atoms with Crippen LogP contribution in [0.3, 0.4) is 0 Å². The Morgan fingerprint density at radius 3 is 2.64 bits per heavy atom. The van der Waals surface area contributed by atoms with Gasteiger partial charge >= 0.3 is 5.97 Å². The van der Waals surface area contributed by atoms with Gasteiger partial charge in [-0.25, -0.2) is 9.18 Å². The Kier molecular flexibility index (Phi) is 7.00. The van der Waals surface area contributed by atoms with Crippen molar-refractivity contribution in [2.45, 2.75) is 19.4 Å². The minimum atomic E-state index is -1.18. The van der Waals surface area contributed by atoms with Gasteiger partial charge in [-0.2, -0.15) is 0 Å². The van der Waals surface area contributed by atoms with Gasteiger partial charge in [-0.15, -0.1) is 0 Å². The van der Waals surface area contributed by atoms with Crippen molar-refractivity contribution in [3.8, 4) is 17.2 Å². The van der Waals surface area contributed by atoms with E-state index >= 15 is 0 Å². The molecule has 5 aromatic rings. The Hall–Kier alpha value is -5.12. The van der Waals surface area contributed by atoms with Crippen LogP contribution in [0.25, 0.3) is 21.9 Å². The molecule has 0 spiro atoms. The second-order valence-corrected chi connectivity index (χ2v) is 8.82. The molecule has 2 aromatic heterocycles. The Morgan fingerprint density at radius 1 is 1.08 bits per heavy atom. The highest BCUT2D eigenvalue weighted by molar-refractivity contribution is 5.87. The fourth-order valence-electron chi connectivity index (χ4n) is 4.22. The molecule has 0 aliphatic heterocycles. The number of aromatic amines is 1. The molecule has 0 aliphatic carbocycles. The van der Waals surface area contributed by atoms with Crippen molar-refractivity contribution < 1.29 is 33.0 Å². The second-order valence-electron chi connectivity index (χ2n) is 8.82. The van der Waals surface area contributed by atoms with E-state index in [9.17, 15) is 23.9 Å². The molecule has 5 rings (SSSR count). The SMILES string of the molecule is Cc1oc2cc(OCC(=O)N[C@@H](Cc3c[nH]c4ccccc34)C(=O)O)ccc2c(=O)c1Oc1ccccc1F.